The summed E-state index contributed by atoms with van der Waals surface area (Å²) < 4.78 is 7.16. The molecule has 8 heteroatoms. The summed E-state index contributed by atoms with van der Waals surface area (Å²) in [4.78, 5) is 22.0. The van der Waals surface area contributed by atoms with E-state index in [1.54, 1.807) is 7.11 Å². The van der Waals surface area contributed by atoms with E-state index >= 15 is 0 Å². The van der Waals surface area contributed by atoms with Gasteiger partial charge in [-0.2, -0.15) is 5.06 Å². The van der Waals surface area contributed by atoms with Crippen molar-refractivity contribution in [1.29, 1.82) is 0 Å². The Morgan fingerprint density at radius 3 is 2.79 bits per heavy atom. The van der Waals surface area contributed by atoms with Crippen molar-refractivity contribution >= 4 is 5.91 Å². The number of hydroxylamine groups is 2. The van der Waals surface area contributed by atoms with Crippen LogP contribution in [0.1, 0.15) is 52.0 Å². The topological polar surface area (TPSA) is 72.7 Å². The number of aromatic nitrogens is 3. The molecule has 1 amide bonds. The third kappa shape index (κ3) is 3.62. The molecule has 2 aromatic rings. The molecule has 0 unspecified atom stereocenters. The third-order valence-corrected chi connectivity index (χ3v) is 8.27. The van der Waals surface area contributed by atoms with Crippen LogP contribution in [0.25, 0.3) is 11.3 Å². The van der Waals surface area contributed by atoms with E-state index in [1.807, 2.05) is 47.9 Å². The Kier molecular flexibility index (Phi) is 5.92. The zero-order chi connectivity index (χ0) is 24.2. The maximum atomic E-state index is 13.4. The number of likely N-dealkylation sites (N-methyl/N-ethyl adjacent to an activating group) is 1. The van der Waals surface area contributed by atoms with Gasteiger partial charge in [0.2, 0.25) is 5.91 Å². The number of hydrogen-bond acceptors (Lipinski definition) is 6. The highest BCUT2D eigenvalue weighted by atomic mass is 16.7. The normalized spacial score (nSPS) is 31.6. The van der Waals surface area contributed by atoms with Gasteiger partial charge in [0.15, 0.2) is 0 Å². The summed E-state index contributed by atoms with van der Waals surface area (Å²) in [5.74, 6) is 2.47. The van der Waals surface area contributed by atoms with Gasteiger partial charge in [-0.15, -0.1) is 5.10 Å². The van der Waals surface area contributed by atoms with Crippen molar-refractivity contribution in [1.82, 2.24) is 25.0 Å². The molecule has 2 saturated heterocycles. The summed E-state index contributed by atoms with van der Waals surface area (Å²) >= 11 is 0. The van der Waals surface area contributed by atoms with Crippen molar-refractivity contribution in [3.63, 3.8) is 0 Å². The van der Waals surface area contributed by atoms with Crippen LogP contribution in [-0.4, -0.2) is 62.8 Å². The van der Waals surface area contributed by atoms with Crippen LogP contribution in [0.5, 0.6) is 5.75 Å². The van der Waals surface area contributed by atoms with Crippen LogP contribution in [0.4, 0.5) is 0 Å². The summed E-state index contributed by atoms with van der Waals surface area (Å²) in [5.41, 5.74) is 2.60. The molecule has 1 aromatic carbocycles. The molecule has 0 radical (unpaired) electrons. The first kappa shape index (κ1) is 23.3. The van der Waals surface area contributed by atoms with Crippen LogP contribution in [-0.2, 0) is 16.2 Å². The summed E-state index contributed by atoms with van der Waals surface area (Å²) in [7, 11) is 3.65. The quantitative estimate of drug-likeness (QED) is 0.664. The Morgan fingerprint density at radius 1 is 1.29 bits per heavy atom. The van der Waals surface area contributed by atoms with Gasteiger partial charge in [0, 0.05) is 24.9 Å². The summed E-state index contributed by atoms with van der Waals surface area (Å²) in [6, 6.07) is 5.74. The molecule has 1 saturated carbocycles. The fourth-order valence-corrected chi connectivity index (χ4v) is 6.59. The van der Waals surface area contributed by atoms with E-state index in [1.165, 1.54) is 6.42 Å². The fraction of sp³-hybridized carbons (Fsp3) is 0.654. The maximum Gasteiger partial charge on any atom is 0.243 e. The number of fused-ring (bicyclic) bond motifs is 2. The Balaban J connectivity index is 1.36. The van der Waals surface area contributed by atoms with Crippen molar-refractivity contribution < 1.29 is 14.4 Å². The van der Waals surface area contributed by atoms with Gasteiger partial charge in [0.05, 0.1) is 19.9 Å². The zero-order valence-corrected chi connectivity index (χ0v) is 21.2. The zero-order valence-electron chi connectivity index (χ0n) is 21.2. The van der Waals surface area contributed by atoms with Gasteiger partial charge in [-0.1, -0.05) is 32.4 Å². The van der Waals surface area contributed by atoms with Crippen molar-refractivity contribution in [2.45, 2.75) is 77.7 Å². The standard InChI is InChI=1S/C26H37N5O3/c1-16(2)22-10-7-17(3)13-26(22)29(5)25(32)24-12-20(34-31(24)26)14-30-15-23(27-28-30)21-9-8-19(33-6)11-18(21)4/h8-9,11,15-17,20,22,24H,7,10,12-14H2,1-6H3/t17-,20+,22+,24+,26+/m1/s1. The molecule has 5 atom stereocenters. The van der Waals surface area contributed by atoms with Gasteiger partial charge in [0.1, 0.15) is 29.3 Å². The fourth-order valence-electron chi connectivity index (χ4n) is 6.59. The number of carbonyl (C=O) groups is 1. The lowest BCUT2D eigenvalue weighted by Crippen LogP contribution is -2.61. The molecule has 1 spiro atoms. The predicted octanol–water partition coefficient (Wildman–Crippen LogP) is 3.90. The Bertz CT molecular complexity index is 1070. The molecule has 0 bridgehead atoms. The molecule has 0 N–H and O–H groups in total. The van der Waals surface area contributed by atoms with Crippen LogP contribution in [0.2, 0.25) is 0 Å². The summed E-state index contributed by atoms with van der Waals surface area (Å²) in [5, 5.41) is 10.9. The van der Waals surface area contributed by atoms with Crippen molar-refractivity contribution in [2.24, 2.45) is 17.8 Å². The van der Waals surface area contributed by atoms with Crippen LogP contribution >= 0.6 is 0 Å². The third-order valence-electron chi connectivity index (χ3n) is 8.27. The number of benzene rings is 1. The highest BCUT2D eigenvalue weighted by Gasteiger charge is 2.64. The number of methoxy groups -OCH3 is 1. The highest BCUT2D eigenvalue weighted by Crippen LogP contribution is 2.53. The summed E-state index contributed by atoms with van der Waals surface area (Å²) in [6.45, 7) is 9.47. The molecule has 3 aliphatic rings. The molecule has 3 fully saturated rings. The average molecular weight is 468 g/mol. The number of amides is 1. The van der Waals surface area contributed by atoms with Crippen LogP contribution < -0.4 is 4.74 Å². The van der Waals surface area contributed by atoms with Crippen LogP contribution in [0.15, 0.2) is 24.4 Å². The molecule has 3 heterocycles. The first-order valence-electron chi connectivity index (χ1n) is 12.5. The first-order chi connectivity index (χ1) is 16.2. The van der Waals surface area contributed by atoms with Gasteiger partial charge in [-0.3, -0.25) is 9.63 Å². The van der Waals surface area contributed by atoms with Crippen molar-refractivity contribution in [3.8, 4) is 17.0 Å². The minimum atomic E-state index is -0.351. The van der Waals surface area contributed by atoms with Gasteiger partial charge in [-0.25, -0.2) is 4.68 Å². The van der Waals surface area contributed by atoms with E-state index < -0.39 is 0 Å². The van der Waals surface area contributed by atoms with Gasteiger partial charge >= 0.3 is 0 Å². The molecular formula is C26H37N5O3. The van der Waals surface area contributed by atoms with E-state index in [-0.39, 0.29) is 23.7 Å². The lowest BCUT2D eigenvalue weighted by atomic mass is 9.69. The monoisotopic (exact) mass is 467 g/mol. The average Bonchev–Trinajstić information content (AvgIpc) is 3.48. The number of nitrogens with zero attached hydrogens (tertiary/aromatic N) is 5. The maximum absolute atomic E-state index is 13.4. The first-order valence-corrected chi connectivity index (χ1v) is 12.5. The van der Waals surface area contributed by atoms with Crippen molar-refractivity contribution in [3.05, 3.63) is 30.0 Å². The lowest BCUT2D eigenvalue weighted by molar-refractivity contribution is -0.265. The molecule has 34 heavy (non-hydrogen) atoms. The van der Waals surface area contributed by atoms with E-state index in [0.29, 0.717) is 30.7 Å². The predicted molar refractivity (Wildman–Crippen MR) is 129 cm³/mol. The number of aryl methyl sites for hydroxylation is 1. The Morgan fingerprint density at radius 2 is 2.09 bits per heavy atom. The number of carbonyl (C=O) groups excluding carboxylic acids is 1. The molecule has 184 valence electrons. The van der Waals surface area contributed by atoms with Gasteiger partial charge < -0.3 is 9.64 Å². The Hall–Kier alpha value is -2.45. The van der Waals surface area contributed by atoms with Gasteiger partial charge in [-0.05, 0) is 55.4 Å². The van der Waals surface area contributed by atoms with Crippen LogP contribution in [0, 0.1) is 24.7 Å². The molecule has 1 aliphatic carbocycles. The molecule has 2 aliphatic heterocycles. The largest absolute Gasteiger partial charge is 0.497 e. The SMILES string of the molecule is COc1ccc(-c2cn(C[C@@H]3C[C@H]4C(=O)N(C)[C@@]5(C[C@H](C)CC[C@H]5C(C)C)N4O3)nn2)c(C)c1. The molecule has 5 rings (SSSR count). The number of ether oxygens (including phenoxy) is 1. The van der Waals surface area contributed by atoms with E-state index in [0.717, 1.165) is 35.4 Å². The minimum Gasteiger partial charge on any atom is -0.497 e. The minimum absolute atomic E-state index is 0.101. The smallest absolute Gasteiger partial charge is 0.243 e. The number of hydrogen-bond donors (Lipinski definition) is 0. The second-order valence-corrected chi connectivity index (χ2v) is 10.8. The van der Waals surface area contributed by atoms with Gasteiger partial charge in [0.25, 0.3) is 0 Å². The van der Waals surface area contributed by atoms with E-state index in [2.05, 4.69) is 36.1 Å². The molecule has 8 nitrogen and oxygen atoms in total. The highest BCUT2D eigenvalue weighted by molar-refractivity contribution is 5.85. The second-order valence-electron chi connectivity index (χ2n) is 10.8. The molecular weight excluding hydrogens is 430 g/mol. The molecule has 1 aromatic heterocycles. The van der Waals surface area contributed by atoms with E-state index in [4.69, 9.17) is 9.57 Å². The Labute approximate surface area is 202 Å². The number of rotatable bonds is 5. The van der Waals surface area contributed by atoms with Crippen LogP contribution in [0.3, 0.4) is 0 Å². The lowest BCUT2D eigenvalue weighted by Gasteiger charge is -2.52. The summed E-state index contributed by atoms with van der Waals surface area (Å²) in [6.07, 6.45) is 5.84. The second kappa shape index (κ2) is 8.64. The van der Waals surface area contributed by atoms with Crippen molar-refractivity contribution in [2.75, 3.05) is 14.2 Å². The van der Waals surface area contributed by atoms with E-state index in [9.17, 15) is 4.79 Å².